The van der Waals surface area contributed by atoms with Gasteiger partial charge in [-0.25, -0.2) is 14.9 Å². The molecule has 37 heavy (non-hydrogen) atoms. The third-order valence-electron chi connectivity index (χ3n) is 5.64. The molecule has 1 aliphatic rings. The van der Waals surface area contributed by atoms with Crippen molar-refractivity contribution in [3.8, 4) is 11.1 Å². The number of anilines is 4. The lowest BCUT2D eigenvalue weighted by Crippen LogP contribution is -2.51. The van der Waals surface area contributed by atoms with E-state index in [0.717, 1.165) is 4.90 Å². The highest BCUT2D eigenvalue weighted by atomic mass is 35.5. The number of aromatic nitrogens is 2. The molecule has 12 nitrogen and oxygen atoms in total. The molecule has 192 valence electrons. The summed E-state index contributed by atoms with van der Waals surface area (Å²) >= 11 is 12.5. The number of hydrogen-bond donors (Lipinski definition) is 4. The standard InChI is InChI=1S/C23H22Cl2N8O4/c24-12-1-2-13(15(25)9-12)14-10-20(30-11-18(14)32-21(34)6-3-16(26)23(32)35)29-8-7-28-19-5-4-17(33(36)37)22(27)31-19/h1-2,4-5,9-11,16H,3,6-8,26H2,(H,29,30)(H3,27,28,31). The van der Waals surface area contributed by atoms with Gasteiger partial charge in [0.1, 0.15) is 11.6 Å². The van der Waals surface area contributed by atoms with Gasteiger partial charge in [-0.1, -0.05) is 29.3 Å². The van der Waals surface area contributed by atoms with E-state index in [4.69, 9.17) is 34.7 Å². The number of pyridine rings is 2. The van der Waals surface area contributed by atoms with E-state index in [0.29, 0.717) is 45.9 Å². The van der Waals surface area contributed by atoms with Gasteiger partial charge in [-0.2, -0.15) is 0 Å². The Morgan fingerprint density at radius 1 is 1.08 bits per heavy atom. The number of carbonyl (C=O) groups excluding carboxylic acids is 2. The highest BCUT2D eigenvalue weighted by molar-refractivity contribution is 6.36. The molecular formula is C23H22Cl2N8O4. The average molecular weight is 545 g/mol. The third kappa shape index (κ3) is 5.71. The highest BCUT2D eigenvalue weighted by Crippen LogP contribution is 2.38. The van der Waals surface area contributed by atoms with Crippen LogP contribution in [0.25, 0.3) is 11.1 Å². The van der Waals surface area contributed by atoms with Gasteiger partial charge in [0, 0.05) is 46.7 Å². The SMILES string of the molecule is Nc1nc(NCCNc2cc(-c3ccc(Cl)cc3Cl)c(N3C(=O)CCC(N)C3=O)cn2)ccc1[N+](=O)[O-]. The van der Waals surface area contributed by atoms with Gasteiger partial charge in [0.05, 0.1) is 22.8 Å². The summed E-state index contributed by atoms with van der Waals surface area (Å²) in [6, 6.07) is 8.52. The summed E-state index contributed by atoms with van der Waals surface area (Å²) in [5, 5.41) is 17.8. The Balaban J connectivity index is 1.56. The van der Waals surface area contributed by atoms with Gasteiger partial charge in [-0.05, 0) is 30.7 Å². The van der Waals surface area contributed by atoms with E-state index in [1.54, 1.807) is 24.3 Å². The smallest absolute Gasteiger partial charge is 0.311 e. The molecule has 0 aliphatic carbocycles. The molecule has 1 unspecified atom stereocenters. The van der Waals surface area contributed by atoms with Crippen molar-refractivity contribution in [2.75, 3.05) is 34.4 Å². The lowest BCUT2D eigenvalue weighted by atomic mass is 10.00. The summed E-state index contributed by atoms with van der Waals surface area (Å²) < 4.78 is 0. The first-order valence-corrected chi connectivity index (χ1v) is 11.9. The van der Waals surface area contributed by atoms with Gasteiger partial charge < -0.3 is 22.1 Å². The second-order valence-electron chi connectivity index (χ2n) is 8.13. The number of halogens is 2. The predicted octanol–water partition coefficient (Wildman–Crippen LogP) is 3.45. The molecule has 3 aromatic rings. The van der Waals surface area contributed by atoms with Crippen LogP contribution in [0.3, 0.4) is 0 Å². The normalized spacial score (nSPS) is 15.5. The van der Waals surface area contributed by atoms with E-state index < -0.39 is 16.9 Å². The zero-order chi connectivity index (χ0) is 26.7. The fourth-order valence-electron chi connectivity index (χ4n) is 3.80. The van der Waals surface area contributed by atoms with Crippen LogP contribution in [0.15, 0.2) is 42.6 Å². The molecule has 0 radical (unpaired) electrons. The number of amides is 2. The molecule has 1 saturated heterocycles. The second kappa shape index (κ2) is 10.9. The largest absolute Gasteiger partial charge is 0.378 e. The Morgan fingerprint density at radius 3 is 2.49 bits per heavy atom. The molecule has 3 heterocycles. The van der Waals surface area contributed by atoms with Crippen molar-refractivity contribution in [1.29, 1.82) is 0 Å². The van der Waals surface area contributed by atoms with Crippen LogP contribution in [0.1, 0.15) is 12.8 Å². The van der Waals surface area contributed by atoms with E-state index >= 15 is 0 Å². The van der Waals surface area contributed by atoms with Gasteiger partial charge in [0.2, 0.25) is 11.7 Å². The van der Waals surface area contributed by atoms with Crippen molar-refractivity contribution in [2.24, 2.45) is 5.73 Å². The Bertz CT molecular complexity index is 1390. The number of nitro groups is 1. The maximum atomic E-state index is 12.8. The minimum absolute atomic E-state index is 0.133. The quantitative estimate of drug-likeness (QED) is 0.142. The maximum absolute atomic E-state index is 12.8. The van der Waals surface area contributed by atoms with Crippen molar-refractivity contribution in [2.45, 2.75) is 18.9 Å². The van der Waals surface area contributed by atoms with E-state index in [9.17, 15) is 19.7 Å². The van der Waals surface area contributed by atoms with Crippen molar-refractivity contribution < 1.29 is 14.5 Å². The van der Waals surface area contributed by atoms with Crippen molar-refractivity contribution in [1.82, 2.24) is 9.97 Å². The van der Waals surface area contributed by atoms with Gasteiger partial charge in [0.15, 0.2) is 0 Å². The number of nitrogen functional groups attached to an aromatic ring is 1. The Morgan fingerprint density at radius 2 is 1.81 bits per heavy atom. The van der Waals surface area contributed by atoms with Gasteiger partial charge >= 0.3 is 5.69 Å². The van der Waals surface area contributed by atoms with Crippen LogP contribution in [0, 0.1) is 10.1 Å². The Hall–Kier alpha value is -4.00. The molecule has 0 spiro atoms. The molecule has 2 aromatic heterocycles. The molecule has 14 heteroatoms. The van der Waals surface area contributed by atoms with Crippen LogP contribution in [-0.2, 0) is 9.59 Å². The lowest BCUT2D eigenvalue weighted by Gasteiger charge is -2.30. The van der Waals surface area contributed by atoms with Gasteiger partial charge in [-0.15, -0.1) is 0 Å². The molecule has 0 saturated carbocycles. The van der Waals surface area contributed by atoms with E-state index in [1.165, 1.54) is 18.3 Å². The monoisotopic (exact) mass is 544 g/mol. The average Bonchev–Trinajstić information content (AvgIpc) is 2.85. The molecule has 1 aliphatic heterocycles. The van der Waals surface area contributed by atoms with Crippen LogP contribution in [0.2, 0.25) is 10.0 Å². The van der Waals surface area contributed by atoms with Crippen LogP contribution in [-0.4, -0.2) is 45.8 Å². The summed E-state index contributed by atoms with van der Waals surface area (Å²) in [7, 11) is 0. The molecule has 1 atom stereocenters. The molecule has 6 N–H and O–H groups in total. The lowest BCUT2D eigenvalue weighted by molar-refractivity contribution is -0.384. The summed E-state index contributed by atoms with van der Waals surface area (Å²) in [6.45, 7) is 0.758. The number of nitrogens with zero attached hydrogens (tertiary/aromatic N) is 4. The van der Waals surface area contributed by atoms with Crippen molar-refractivity contribution in [3.05, 3.63) is 62.8 Å². The molecule has 2 amide bonds. The number of carbonyl (C=O) groups is 2. The van der Waals surface area contributed by atoms with Gasteiger partial charge in [-0.3, -0.25) is 19.7 Å². The summed E-state index contributed by atoms with van der Waals surface area (Å²) in [6.07, 6.45) is 1.83. The third-order valence-corrected chi connectivity index (χ3v) is 6.19. The maximum Gasteiger partial charge on any atom is 0.311 e. The Kier molecular flexibility index (Phi) is 7.71. The van der Waals surface area contributed by atoms with Crippen molar-refractivity contribution in [3.63, 3.8) is 0 Å². The van der Waals surface area contributed by atoms with Crippen molar-refractivity contribution >= 4 is 63.8 Å². The van der Waals surface area contributed by atoms with E-state index in [-0.39, 0.29) is 35.9 Å². The molecule has 4 rings (SSSR count). The van der Waals surface area contributed by atoms with E-state index in [2.05, 4.69) is 20.6 Å². The first-order valence-electron chi connectivity index (χ1n) is 11.1. The van der Waals surface area contributed by atoms with Crippen LogP contribution >= 0.6 is 23.2 Å². The molecular weight excluding hydrogens is 523 g/mol. The minimum Gasteiger partial charge on any atom is -0.378 e. The number of rotatable bonds is 8. The number of imide groups is 1. The number of benzene rings is 1. The zero-order valence-electron chi connectivity index (χ0n) is 19.3. The summed E-state index contributed by atoms with van der Waals surface area (Å²) in [5.74, 6) is -0.251. The fraction of sp³-hybridized carbons (Fsp3) is 0.217. The van der Waals surface area contributed by atoms with Gasteiger partial charge in [0.25, 0.3) is 5.91 Å². The number of piperidine rings is 1. The number of nitrogens with one attached hydrogen (secondary N) is 2. The Labute approximate surface area is 221 Å². The molecule has 1 fully saturated rings. The number of nitrogens with two attached hydrogens (primary N) is 2. The summed E-state index contributed by atoms with van der Waals surface area (Å²) in [4.78, 5) is 45.1. The highest BCUT2D eigenvalue weighted by Gasteiger charge is 2.35. The van der Waals surface area contributed by atoms with E-state index in [1.807, 2.05) is 0 Å². The molecule has 1 aromatic carbocycles. The minimum atomic E-state index is -0.794. The number of hydrogen-bond acceptors (Lipinski definition) is 10. The summed E-state index contributed by atoms with van der Waals surface area (Å²) in [5.41, 5.74) is 12.6. The first kappa shape index (κ1) is 26.1. The fourth-order valence-corrected chi connectivity index (χ4v) is 4.31. The van der Waals surface area contributed by atoms with Crippen LogP contribution in [0.5, 0.6) is 0 Å². The zero-order valence-corrected chi connectivity index (χ0v) is 20.8. The topological polar surface area (TPSA) is 182 Å². The second-order valence-corrected chi connectivity index (χ2v) is 8.98. The van der Waals surface area contributed by atoms with Crippen LogP contribution < -0.4 is 27.0 Å². The first-order chi connectivity index (χ1) is 17.7. The predicted molar refractivity (Wildman–Crippen MR) is 142 cm³/mol. The molecule has 0 bridgehead atoms. The van der Waals surface area contributed by atoms with Crippen LogP contribution in [0.4, 0.5) is 28.8 Å².